The summed E-state index contributed by atoms with van der Waals surface area (Å²) in [5.74, 6) is 2.43. The lowest BCUT2D eigenvalue weighted by atomic mass is 9.76. The maximum atomic E-state index is 3.59. The number of nitrogens with one attached hydrogen (secondary N) is 1. The maximum Gasteiger partial charge on any atom is 0.0346 e. The van der Waals surface area contributed by atoms with Gasteiger partial charge >= 0.3 is 0 Å². The average Bonchev–Trinajstić information content (AvgIpc) is 2.39. The summed E-state index contributed by atoms with van der Waals surface area (Å²) in [6.45, 7) is 7.00. The van der Waals surface area contributed by atoms with Crippen molar-refractivity contribution in [1.82, 2.24) is 5.32 Å². The topological polar surface area (TPSA) is 12.0 Å². The first-order chi connectivity index (χ1) is 9.60. The van der Waals surface area contributed by atoms with E-state index in [-0.39, 0.29) is 0 Å². The smallest absolute Gasteiger partial charge is 0.0346 e. The van der Waals surface area contributed by atoms with Crippen molar-refractivity contribution in [3.63, 3.8) is 0 Å². The Labute approximate surface area is 125 Å². The van der Waals surface area contributed by atoms with Crippen LogP contribution < -0.4 is 5.32 Å². The summed E-state index contributed by atoms with van der Waals surface area (Å²) in [6, 6.07) is 9.79. The Balaban J connectivity index is 2.14. The second-order valence-electron chi connectivity index (χ2n) is 7.14. The molecule has 112 valence electrons. The Morgan fingerprint density at radius 1 is 1.25 bits per heavy atom. The summed E-state index contributed by atoms with van der Waals surface area (Å²) >= 11 is 0. The van der Waals surface area contributed by atoms with Gasteiger partial charge in [0, 0.05) is 6.04 Å². The van der Waals surface area contributed by atoms with E-state index >= 15 is 0 Å². The third-order valence-corrected chi connectivity index (χ3v) is 4.71. The minimum absolute atomic E-state index is 0.532. The van der Waals surface area contributed by atoms with Gasteiger partial charge in [-0.1, -0.05) is 57.9 Å². The lowest BCUT2D eigenvalue weighted by Crippen LogP contribution is -2.29. The molecule has 1 aliphatic carbocycles. The zero-order chi connectivity index (χ0) is 14.5. The Kier molecular flexibility index (Phi) is 5.65. The second kappa shape index (κ2) is 7.26. The molecule has 1 aromatic rings. The predicted molar refractivity (Wildman–Crippen MR) is 87.9 cm³/mol. The highest BCUT2D eigenvalue weighted by Gasteiger charge is 2.26. The molecule has 0 spiro atoms. The molecule has 0 saturated heterocycles. The lowest BCUT2D eigenvalue weighted by molar-refractivity contribution is 0.230. The second-order valence-corrected chi connectivity index (χ2v) is 7.14. The molecule has 20 heavy (non-hydrogen) atoms. The molecule has 0 radical (unpaired) electrons. The fourth-order valence-electron chi connectivity index (χ4n) is 3.84. The van der Waals surface area contributed by atoms with Crippen molar-refractivity contribution in [2.45, 2.75) is 58.9 Å². The van der Waals surface area contributed by atoms with Crippen molar-refractivity contribution >= 4 is 0 Å². The molecule has 0 bridgehead atoms. The molecular formula is C19H31N. The van der Waals surface area contributed by atoms with Crippen LogP contribution >= 0.6 is 0 Å². The van der Waals surface area contributed by atoms with Gasteiger partial charge in [-0.2, -0.15) is 0 Å². The summed E-state index contributed by atoms with van der Waals surface area (Å²) in [7, 11) is 2.12. The van der Waals surface area contributed by atoms with Crippen molar-refractivity contribution in [3.8, 4) is 0 Å². The summed E-state index contributed by atoms with van der Waals surface area (Å²) in [4.78, 5) is 0. The minimum atomic E-state index is 0.532. The van der Waals surface area contributed by atoms with Crippen LogP contribution in [0.3, 0.4) is 0 Å². The fourth-order valence-corrected chi connectivity index (χ4v) is 3.84. The predicted octanol–water partition coefficient (Wildman–Crippen LogP) is 4.97. The first-order valence-corrected chi connectivity index (χ1v) is 8.36. The largest absolute Gasteiger partial charge is 0.313 e. The van der Waals surface area contributed by atoms with E-state index in [1.807, 2.05) is 0 Å². The van der Waals surface area contributed by atoms with E-state index in [4.69, 9.17) is 0 Å². The van der Waals surface area contributed by atoms with E-state index in [0.29, 0.717) is 6.04 Å². The number of hydrogen-bond acceptors (Lipinski definition) is 1. The van der Waals surface area contributed by atoms with Crippen LogP contribution in [0.25, 0.3) is 0 Å². The van der Waals surface area contributed by atoms with E-state index in [1.165, 1.54) is 43.2 Å². The van der Waals surface area contributed by atoms with Crippen LogP contribution in [0.5, 0.6) is 0 Å². The third kappa shape index (κ3) is 4.09. The minimum Gasteiger partial charge on any atom is -0.313 e. The van der Waals surface area contributed by atoms with Gasteiger partial charge in [0.2, 0.25) is 0 Å². The highest BCUT2D eigenvalue weighted by Crippen LogP contribution is 2.37. The molecule has 3 unspecified atom stereocenters. The number of benzene rings is 1. The van der Waals surface area contributed by atoms with Gasteiger partial charge in [0.05, 0.1) is 0 Å². The Hall–Kier alpha value is -0.820. The fraction of sp³-hybridized carbons (Fsp3) is 0.684. The highest BCUT2D eigenvalue weighted by molar-refractivity contribution is 5.27. The summed E-state index contributed by atoms with van der Waals surface area (Å²) in [5, 5.41) is 3.59. The molecule has 0 heterocycles. The molecule has 3 atom stereocenters. The van der Waals surface area contributed by atoms with Crippen LogP contribution in [0.15, 0.2) is 24.3 Å². The standard InChI is InChI=1S/C19H31N/c1-14(2)11-16-8-6-10-18(13-16)19(20-4)17-9-5-7-15(3)12-17/h6,8,10,13-15,17,19-20H,5,7,9,11-12H2,1-4H3. The van der Waals surface area contributed by atoms with E-state index in [0.717, 1.165) is 17.8 Å². The van der Waals surface area contributed by atoms with Crippen LogP contribution in [-0.2, 0) is 6.42 Å². The third-order valence-electron chi connectivity index (χ3n) is 4.71. The first-order valence-electron chi connectivity index (χ1n) is 8.36. The van der Waals surface area contributed by atoms with Crippen LogP contribution in [0, 0.1) is 17.8 Å². The summed E-state index contributed by atoms with van der Waals surface area (Å²) in [5.41, 5.74) is 2.98. The highest BCUT2D eigenvalue weighted by atomic mass is 14.9. The van der Waals surface area contributed by atoms with Gasteiger partial charge in [-0.15, -0.1) is 0 Å². The first kappa shape index (κ1) is 15.6. The summed E-state index contributed by atoms with van der Waals surface area (Å²) in [6.07, 6.45) is 6.76. The molecule has 0 aliphatic heterocycles. The van der Waals surface area contributed by atoms with Crippen LogP contribution in [-0.4, -0.2) is 7.05 Å². The lowest BCUT2D eigenvalue weighted by Gasteiger charge is -2.33. The van der Waals surface area contributed by atoms with E-state index < -0.39 is 0 Å². The molecule has 1 heteroatoms. The van der Waals surface area contributed by atoms with E-state index in [2.05, 4.69) is 57.4 Å². The molecule has 1 saturated carbocycles. The van der Waals surface area contributed by atoms with Crippen LogP contribution in [0.2, 0.25) is 0 Å². The Morgan fingerprint density at radius 2 is 2.05 bits per heavy atom. The van der Waals surface area contributed by atoms with Gasteiger partial charge in [0.1, 0.15) is 0 Å². The number of rotatable bonds is 5. The van der Waals surface area contributed by atoms with Crippen molar-refractivity contribution in [3.05, 3.63) is 35.4 Å². The monoisotopic (exact) mass is 273 g/mol. The molecule has 1 aromatic carbocycles. The average molecular weight is 273 g/mol. The van der Waals surface area contributed by atoms with Crippen LogP contribution in [0.4, 0.5) is 0 Å². The van der Waals surface area contributed by atoms with E-state index in [9.17, 15) is 0 Å². The zero-order valence-corrected chi connectivity index (χ0v) is 13.7. The van der Waals surface area contributed by atoms with Gasteiger partial charge < -0.3 is 5.32 Å². The number of hydrogen-bond donors (Lipinski definition) is 1. The molecular weight excluding hydrogens is 242 g/mol. The molecule has 1 N–H and O–H groups in total. The maximum absolute atomic E-state index is 3.59. The van der Waals surface area contributed by atoms with Crippen LogP contribution in [0.1, 0.15) is 63.6 Å². The van der Waals surface area contributed by atoms with Crippen molar-refractivity contribution in [2.75, 3.05) is 7.05 Å². The van der Waals surface area contributed by atoms with Gasteiger partial charge in [-0.05, 0) is 55.2 Å². The molecule has 0 aromatic heterocycles. The quantitative estimate of drug-likeness (QED) is 0.798. The molecule has 0 amide bonds. The Bertz CT molecular complexity index is 410. The SMILES string of the molecule is CNC(c1cccc(CC(C)C)c1)C1CCCC(C)C1. The Morgan fingerprint density at radius 3 is 2.70 bits per heavy atom. The molecule has 1 aliphatic rings. The van der Waals surface area contributed by atoms with Crippen molar-refractivity contribution in [1.29, 1.82) is 0 Å². The molecule has 1 nitrogen and oxygen atoms in total. The van der Waals surface area contributed by atoms with Gasteiger partial charge in [-0.3, -0.25) is 0 Å². The van der Waals surface area contributed by atoms with Gasteiger partial charge in [-0.25, -0.2) is 0 Å². The zero-order valence-electron chi connectivity index (χ0n) is 13.7. The normalized spacial score (nSPS) is 24.9. The molecule has 2 rings (SSSR count). The summed E-state index contributed by atoms with van der Waals surface area (Å²) < 4.78 is 0. The molecule has 1 fully saturated rings. The van der Waals surface area contributed by atoms with Gasteiger partial charge in [0.25, 0.3) is 0 Å². The van der Waals surface area contributed by atoms with Crippen molar-refractivity contribution in [2.24, 2.45) is 17.8 Å². The van der Waals surface area contributed by atoms with Gasteiger partial charge in [0.15, 0.2) is 0 Å². The van der Waals surface area contributed by atoms with E-state index in [1.54, 1.807) is 0 Å². The van der Waals surface area contributed by atoms with Crippen molar-refractivity contribution < 1.29 is 0 Å².